The smallest absolute Gasteiger partial charge is 0.328 e. The summed E-state index contributed by atoms with van der Waals surface area (Å²) in [6.45, 7) is 3.93. The van der Waals surface area contributed by atoms with Crippen LogP contribution in [0.25, 0.3) is 0 Å². The average Bonchev–Trinajstić information content (AvgIpc) is 3.23. The Hall–Kier alpha value is -2.94. The molecular formula is C18H18BrN5O3. The predicted molar refractivity (Wildman–Crippen MR) is 103 cm³/mol. The van der Waals surface area contributed by atoms with Gasteiger partial charge >= 0.3 is 5.97 Å². The minimum Gasteiger partial charge on any atom is -0.480 e. The van der Waals surface area contributed by atoms with Crippen LogP contribution in [0.1, 0.15) is 34.7 Å². The molecule has 1 atom stereocenters. The molecule has 27 heavy (non-hydrogen) atoms. The molecular weight excluding hydrogens is 414 g/mol. The SMILES string of the molecule is Cc1cc(NC(=O)c2ccnn2C(C)C(=O)O)nn1Cc1ccc(Br)cc1. The highest BCUT2D eigenvalue weighted by Gasteiger charge is 2.21. The Balaban J connectivity index is 1.75. The van der Waals surface area contributed by atoms with Gasteiger partial charge in [-0.2, -0.15) is 10.2 Å². The topological polar surface area (TPSA) is 102 Å². The molecule has 0 saturated carbocycles. The van der Waals surface area contributed by atoms with E-state index >= 15 is 0 Å². The maximum Gasteiger partial charge on any atom is 0.328 e. The summed E-state index contributed by atoms with van der Waals surface area (Å²) in [5.41, 5.74) is 2.13. The van der Waals surface area contributed by atoms with Gasteiger partial charge in [0, 0.05) is 22.4 Å². The Morgan fingerprint density at radius 3 is 2.63 bits per heavy atom. The van der Waals surface area contributed by atoms with Gasteiger partial charge in [0.15, 0.2) is 5.82 Å². The monoisotopic (exact) mass is 431 g/mol. The number of rotatable bonds is 6. The van der Waals surface area contributed by atoms with Crippen molar-refractivity contribution in [2.24, 2.45) is 0 Å². The fourth-order valence-corrected chi connectivity index (χ4v) is 2.85. The molecule has 2 heterocycles. The van der Waals surface area contributed by atoms with Crippen molar-refractivity contribution in [2.75, 3.05) is 5.32 Å². The number of carbonyl (C=O) groups excluding carboxylic acids is 1. The quantitative estimate of drug-likeness (QED) is 0.624. The highest BCUT2D eigenvalue weighted by atomic mass is 79.9. The van der Waals surface area contributed by atoms with E-state index in [0.29, 0.717) is 12.4 Å². The van der Waals surface area contributed by atoms with Crippen LogP contribution in [-0.2, 0) is 11.3 Å². The normalized spacial score (nSPS) is 12.0. The number of hydrogen-bond acceptors (Lipinski definition) is 4. The summed E-state index contributed by atoms with van der Waals surface area (Å²) in [5, 5.41) is 20.2. The molecule has 8 nitrogen and oxygen atoms in total. The van der Waals surface area contributed by atoms with Crippen LogP contribution in [0.5, 0.6) is 0 Å². The molecule has 0 fully saturated rings. The van der Waals surface area contributed by atoms with Crippen molar-refractivity contribution in [3.63, 3.8) is 0 Å². The number of nitrogens with one attached hydrogen (secondary N) is 1. The van der Waals surface area contributed by atoms with Crippen LogP contribution in [0.15, 0.2) is 47.1 Å². The predicted octanol–water partition coefficient (Wildman–Crippen LogP) is 3.10. The highest BCUT2D eigenvalue weighted by Crippen LogP contribution is 2.16. The zero-order valence-electron chi connectivity index (χ0n) is 14.8. The number of hydrogen-bond donors (Lipinski definition) is 2. The molecule has 0 aliphatic rings. The molecule has 2 N–H and O–H groups in total. The number of benzene rings is 1. The third kappa shape index (κ3) is 4.25. The number of carbonyl (C=O) groups is 2. The summed E-state index contributed by atoms with van der Waals surface area (Å²) in [5.74, 6) is -1.14. The lowest BCUT2D eigenvalue weighted by molar-refractivity contribution is -0.140. The standard InChI is InChI=1S/C18H18BrN5O3/c1-11-9-16(22-23(11)10-13-3-5-14(19)6-4-13)21-17(25)15-7-8-20-24(15)12(2)18(26)27/h3-9,12H,10H2,1-2H3,(H,26,27)(H,21,22,25). The van der Waals surface area contributed by atoms with Crippen molar-refractivity contribution >= 4 is 33.6 Å². The van der Waals surface area contributed by atoms with Crippen LogP contribution >= 0.6 is 15.9 Å². The first-order valence-corrected chi connectivity index (χ1v) is 9.01. The van der Waals surface area contributed by atoms with Gasteiger partial charge in [0.05, 0.1) is 6.54 Å². The van der Waals surface area contributed by atoms with Crippen LogP contribution in [-0.4, -0.2) is 36.5 Å². The van der Waals surface area contributed by atoms with Crippen LogP contribution < -0.4 is 5.32 Å². The van der Waals surface area contributed by atoms with Crippen molar-refractivity contribution in [2.45, 2.75) is 26.4 Å². The summed E-state index contributed by atoms with van der Waals surface area (Å²) in [6, 6.07) is 10.2. The van der Waals surface area contributed by atoms with Gasteiger partial charge in [0.1, 0.15) is 11.7 Å². The summed E-state index contributed by atoms with van der Waals surface area (Å²) in [6.07, 6.45) is 1.39. The third-order valence-corrected chi connectivity index (χ3v) is 4.62. The molecule has 3 aromatic rings. The molecule has 0 spiro atoms. The zero-order chi connectivity index (χ0) is 19.6. The second-order valence-electron chi connectivity index (χ2n) is 6.08. The van der Waals surface area contributed by atoms with E-state index in [1.807, 2.05) is 31.2 Å². The number of aliphatic carboxylic acids is 1. The molecule has 9 heteroatoms. The molecule has 0 aliphatic heterocycles. The van der Waals surface area contributed by atoms with Crippen molar-refractivity contribution in [1.82, 2.24) is 19.6 Å². The molecule has 1 amide bonds. The summed E-state index contributed by atoms with van der Waals surface area (Å²) >= 11 is 3.41. The van der Waals surface area contributed by atoms with E-state index in [1.165, 1.54) is 23.9 Å². The van der Waals surface area contributed by atoms with Gasteiger partial charge in [-0.1, -0.05) is 28.1 Å². The first-order chi connectivity index (χ1) is 12.8. The minimum atomic E-state index is -1.07. The fraction of sp³-hybridized carbons (Fsp3) is 0.222. The van der Waals surface area contributed by atoms with Crippen molar-refractivity contribution in [1.29, 1.82) is 0 Å². The second-order valence-corrected chi connectivity index (χ2v) is 7.00. The van der Waals surface area contributed by atoms with Gasteiger partial charge in [0.25, 0.3) is 5.91 Å². The molecule has 2 aromatic heterocycles. The van der Waals surface area contributed by atoms with Gasteiger partial charge in [-0.15, -0.1) is 0 Å². The third-order valence-electron chi connectivity index (χ3n) is 4.10. The van der Waals surface area contributed by atoms with Gasteiger partial charge in [0.2, 0.25) is 0 Å². The van der Waals surface area contributed by atoms with E-state index in [9.17, 15) is 9.59 Å². The molecule has 0 radical (unpaired) electrons. The van der Waals surface area contributed by atoms with E-state index in [-0.39, 0.29) is 5.69 Å². The lowest BCUT2D eigenvalue weighted by atomic mass is 10.2. The van der Waals surface area contributed by atoms with Crippen LogP contribution in [0, 0.1) is 6.92 Å². The van der Waals surface area contributed by atoms with Gasteiger partial charge in [-0.3, -0.25) is 9.48 Å². The Kier molecular flexibility index (Phi) is 5.41. The van der Waals surface area contributed by atoms with E-state index < -0.39 is 17.9 Å². The average molecular weight is 432 g/mol. The number of aromatic nitrogens is 4. The maximum atomic E-state index is 12.5. The Morgan fingerprint density at radius 2 is 1.96 bits per heavy atom. The highest BCUT2D eigenvalue weighted by molar-refractivity contribution is 9.10. The zero-order valence-corrected chi connectivity index (χ0v) is 16.3. The largest absolute Gasteiger partial charge is 0.480 e. The molecule has 0 bridgehead atoms. The Labute approximate surface area is 163 Å². The van der Waals surface area contributed by atoms with E-state index in [1.54, 1.807) is 10.7 Å². The lowest BCUT2D eigenvalue weighted by Gasteiger charge is -2.10. The molecule has 1 aromatic carbocycles. The van der Waals surface area contributed by atoms with Crippen LogP contribution in [0.3, 0.4) is 0 Å². The fourth-order valence-electron chi connectivity index (χ4n) is 2.58. The molecule has 1 unspecified atom stereocenters. The van der Waals surface area contributed by atoms with Gasteiger partial charge in [-0.25, -0.2) is 9.48 Å². The number of anilines is 1. The van der Waals surface area contributed by atoms with E-state index in [2.05, 4.69) is 31.4 Å². The van der Waals surface area contributed by atoms with E-state index in [4.69, 9.17) is 5.11 Å². The molecule has 3 rings (SSSR count). The number of nitrogens with zero attached hydrogens (tertiary/aromatic N) is 4. The number of aryl methyl sites for hydroxylation is 1. The van der Waals surface area contributed by atoms with Crippen LogP contribution in [0.2, 0.25) is 0 Å². The second kappa shape index (κ2) is 7.75. The molecule has 0 aliphatic carbocycles. The Bertz CT molecular complexity index is 977. The number of carboxylic acid groups (broad SMARTS) is 1. The first kappa shape index (κ1) is 18.8. The Morgan fingerprint density at radius 1 is 1.26 bits per heavy atom. The van der Waals surface area contributed by atoms with Gasteiger partial charge < -0.3 is 10.4 Å². The lowest BCUT2D eigenvalue weighted by Crippen LogP contribution is -2.24. The summed E-state index contributed by atoms with van der Waals surface area (Å²) in [4.78, 5) is 23.7. The van der Waals surface area contributed by atoms with E-state index in [0.717, 1.165) is 15.7 Å². The number of halogens is 1. The molecule has 140 valence electrons. The first-order valence-electron chi connectivity index (χ1n) is 8.21. The summed E-state index contributed by atoms with van der Waals surface area (Å²) in [7, 11) is 0. The number of amides is 1. The minimum absolute atomic E-state index is 0.157. The van der Waals surface area contributed by atoms with Crippen molar-refractivity contribution in [3.8, 4) is 0 Å². The van der Waals surface area contributed by atoms with Crippen molar-refractivity contribution in [3.05, 3.63) is 64.0 Å². The molecule has 0 saturated heterocycles. The summed E-state index contributed by atoms with van der Waals surface area (Å²) < 4.78 is 3.96. The number of carboxylic acids is 1. The van der Waals surface area contributed by atoms with Crippen LogP contribution in [0.4, 0.5) is 5.82 Å². The maximum absolute atomic E-state index is 12.5. The van der Waals surface area contributed by atoms with Gasteiger partial charge in [-0.05, 0) is 37.6 Å². The van der Waals surface area contributed by atoms with Crippen molar-refractivity contribution < 1.29 is 14.7 Å².